The Hall–Kier alpha value is -0.460. The summed E-state index contributed by atoms with van der Waals surface area (Å²) in [5.41, 5.74) is 5.38. The van der Waals surface area contributed by atoms with Crippen molar-refractivity contribution >= 4 is 18.4 Å². The lowest BCUT2D eigenvalue weighted by Crippen LogP contribution is -2.47. The van der Waals surface area contributed by atoms with Crippen molar-refractivity contribution in [1.82, 2.24) is 5.32 Å². The number of carbonyl (C=O) groups is 1. The highest BCUT2D eigenvalue weighted by Gasteiger charge is 2.43. The highest BCUT2D eigenvalue weighted by molar-refractivity contribution is 5.85. The lowest BCUT2D eigenvalue weighted by molar-refractivity contribution is -0.142. The first-order valence-electron chi connectivity index (χ1n) is 3.91. The fourth-order valence-corrected chi connectivity index (χ4v) is 1.30. The minimum atomic E-state index is -2.77. The summed E-state index contributed by atoms with van der Waals surface area (Å²) in [7, 11) is 1.18. The van der Waals surface area contributed by atoms with E-state index in [-0.39, 0.29) is 12.4 Å². The first kappa shape index (κ1) is 13.5. The summed E-state index contributed by atoms with van der Waals surface area (Å²) in [5, 5.41) is 2.49. The number of nitrogens with two attached hydrogens (primary N) is 1. The Labute approximate surface area is 86.6 Å². The summed E-state index contributed by atoms with van der Waals surface area (Å²) < 4.78 is 29.6. The predicted octanol–water partition coefficient (Wildman–Crippen LogP) is -0.0943. The van der Waals surface area contributed by atoms with Crippen molar-refractivity contribution in [3.8, 4) is 0 Å². The molecule has 0 saturated carbocycles. The number of rotatable bonds is 2. The number of halogens is 3. The molecule has 0 aromatic heterocycles. The average Bonchev–Trinajstić information content (AvgIpc) is 2.43. The lowest BCUT2D eigenvalue weighted by Gasteiger charge is -2.16. The van der Waals surface area contributed by atoms with Crippen LogP contribution in [0.25, 0.3) is 0 Å². The maximum absolute atomic E-state index is 12.7. The van der Waals surface area contributed by atoms with Crippen molar-refractivity contribution in [1.29, 1.82) is 0 Å². The van der Waals surface area contributed by atoms with Crippen LogP contribution in [0.1, 0.15) is 6.42 Å². The molecule has 84 valence electrons. The van der Waals surface area contributed by atoms with Gasteiger partial charge < -0.3 is 15.8 Å². The third kappa shape index (κ3) is 3.04. The van der Waals surface area contributed by atoms with E-state index in [0.717, 1.165) is 0 Å². The van der Waals surface area contributed by atoms with Crippen molar-refractivity contribution in [3.63, 3.8) is 0 Å². The fraction of sp³-hybridized carbons (Fsp3) is 0.857. The highest BCUT2D eigenvalue weighted by atomic mass is 35.5. The molecule has 0 radical (unpaired) electrons. The van der Waals surface area contributed by atoms with E-state index in [1.807, 2.05) is 0 Å². The third-order valence-corrected chi connectivity index (χ3v) is 2.05. The Morgan fingerprint density at radius 1 is 1.71 bits per heavy atom. The van der Waals surface area contributed by atoms with Gasteiger partial charge in [0, 0.05) is 12.5 Å². The SMILES string of the molecule is COC(=O)C(N)[C@@H]1CC(F)(F)CN1.Cl. The van der Waals surface area contributed by atoms with E-state index in [4.69, 9.17) is 5.73 Å². The minimum Gasteiger partial charge on any atom is -0.468 e. The molecule has 0 amide bonds. The Kier molecular flexibility index (Phi) is 4.70. The molecule has 1 rings (SSSR count). The van der Waals surface area contributed by atoms with E-state index < -0.39 is 36.9 Å². The summed E-state index contributed by atoms with van der Waals surface area (Å²) in [6.07, 6.45) is -0.413. The van der Waals surface area contributed by atoms with Gasteiger partial charge >= 0.3 is 5.97 Å². The molecule has 3 N–H and O–H groups in total. The van der Waals surface area contributed by atoms with Crippen molar-refractivity contribution < 1.29 is 18.3 Å². The molecule has 4 nitrogen and oxygen atoms in total. The van der Waals surface area contributed by atoms with E-state index in [1.165, 1.54) is 7.11 Å². The van der Waals surface area contributed by atoms with Crippen LogP contribution in [-0.2, 0) is 9.53 Å². The second-order valence-corrected chi connectivity index (χ2v) is 3.10. The predicted molar refractivity (Wildman–Crippen MR) is 48.6 cm³/mol. The summed E-state index contributed by atoms with van der Waals surface area (Å²) in [4.78, 5) is 10.9. The molecule has 1 heterocycles. The summed E-state index contributed by atoms with van der Waals surface area (Å²) >= 11 is 0. The molecule has 1 saturated heterocycles. The van der Waals surface area contributed by atoms with E-state index in [9.17, 15) is 13.6 Å². The fourth-order valence-electron chi connectivity index (χ4n) is 1.30. The second kappa shape index (κ2) is 4.86. The normalized spacial score (nSPS) is 26.4. The van der Waals surface area contributed by atoms with Crippen molar-refractivity contribution in [2.75, 3.05) is 13.7 Å². The molecule has 0 aliphatic carbocycles. The van der Waals surface area contributed by atoms with Gasteiger partial charge in [0.1, 0.15) is 6.04 Å². The van der Waals surface area contributed by atoms with Crippen molar-refractivity contribution in [2.45, 2.75) is 24.4 Å². The largest absolute Gasteiger partial charge is 0.468 e. The average molecular weight is 231 g/mol. The van der Waals surface area contributed by atoms with Gasteiger partial charge in [0.05, 0.1) is 13.7 Å². The van der Waals surface area contributed by atoms with E-state index in [1.54, 1.807) is 0 Å². The molecule has 2 atom stereocenters. The molecule has 1 aliphatic rings. The first-order valence-corrected chi connectivity index (χ1v) is 3.91. The van der Waals surface area contributed by atoms with Gasteiger partial charge in [-0.15, -0.1) is 12.4 Å². The first-order chi connectivity index (χ1) is 5.96. The van der Waals surface area contributed by atoms with Crippen LogP contribution in [0.3, 0.4) is 0 Å². The van der Waals surface area contributed by atoms with Crippen molar-refractivity contribution in [3.05, 3.63) is 0 Å². The number of ether oxygens (including phenoxy) is 1. The van der Waals surface area contributed by atoms with Crippen LogP contribution in [0.15, 0.2) is 0 Å². The highest BCUT2D eigenvalue weighted by Crippen LogP contribution is 2.26. The topological polar surface area (TPSA) is 64.3 Å². The van der Waals surface area contributed by atoms with E-state index in [2.05, 4.69) is 10.1 Å². The Morgan fingerprint density at radius 3 is 2.64 bits per heavy atom. The molecule has 1 aliphatic heterocycles. The van der Waals surface area contributed by atoms with Crippen LogP contribution < -0.4 is 11.1 Å². The van der Waals surface area contributed by atoms with Crippen LogP contribution in [0, 0.1) is 0 Å². The Morgan fingerprint density at radius 2 is 2.29 bits per heavy atom. The zero-order valence-corrected chi connectivity index (χ0v) is 8.44. The van der Waals surface area contributed by atoms with Gasteiger partial charge in [-0.05, 0) is 0 Å². The third-order valence-electron chi connectivity index (χ3n) is 2.05. The minimum absolute atomic E-state index is 0. The van der Waals surface area contributed by atoms with Gasteiger partial charge in [-0.2, -0.15) is 0 Å². The quantitative estimate of drug-likeness (QED) is 0.651. The number of esters is 1. The molecule has 0 spiro atoms. The van der Waals surface area contributed by atoms with Crippen LogP contribution in [0.4, 0.5) is 8.78 Å². The van der Waals surface area contributed by atoms with Crippen molar-refractivity contribution in [2.24, 2.45) is 5.73 Å². The standard InChI is InChI=1S/C7H12F2N2O2.ClH/c1-13-6(12)5(10)4-2-7(8,9)3-11-4;/h4-5,11H,2-3,10H2,1H3;1H/t4-,5?;/m0./s1. The van der Waals surface area contributed by atoms with Crippen LogP contribution in [0.5, 0.6) is 0 Å². The number of methoxy groups -OCH3 is 1. The molecule has 14 heavy (non-hydrogen) atoms. The van der Waals surface area contributed by atoms with E-state index in [0.29, 0.717) is 0 Å². The maximum Gasteiger partial charge on any atom is 0.324 e. The number of hydrogen-bond donors (Lipinski definition) is 2. The zero-order valence-electron chi connectivity index (χ0n) is 7.63. The molecular weight excluding hydrogens is 218 g/mol. The van der Waals surface area contributed by atoms with Gasteiger partial charge in [0.25, 0.3) is 5.92 Å². The number of carbonyl (C=O) groups excluding carboxylic acids is 1. The Bertz CT molecular complexity index is 216. The second-order valence-electron chi connectivity index (χ2n) is 3.10. The molecule has 0 bridgehead atoms. The lowest BCUT2D eigenvalue weighted by atomic mass is 10.1. The molecular formula is C7H13ClF2N2O2. The monoisotopic (exact) mass is 230 g/mol. The smallest absolute Gasteiger partial charge is 0.324 e. The molecule has 1 fully saturated rings. The molecule has 0 aromatic carbocycles. The maximum atomic E-state index is 12.7. The Balaban J connectivity index is 0.00000169. The number of nitrogens with one attached hydrogen (secondary N) is 1. The van der Waals surface area contributed by atoms with E-state index >= 15 is 0 Å². The van der Waals surface area contributed by atoms with Gasteiger partial charge in [-0.1, -0.05) is 0 Å². The molecule has 1 unspecified atom stereocenters. The molecule has 0 aromatic rings. The zero-order chi connectivity index (χ0) is 10.1. The summed E-state index contributed by atoms with van der Waals surface area (Å²) in [6, 6.07) is -1.71. The number of hydrogen-bond acceptors (Lipinski definition) is 4. The van der Waals surface area contributed by atoms with Gasteiger partial charge in [0.15, 0.2) is 0 Å². The van der Waals surface area contributed by atoms with Gasteiger partial charge in [0.2, 0.25) is 0 Å². The summed E-state index contributed by atoms with van der Waals surface area (Å²) in [6.45, 7) is -0.428. The molecule has 7 heteroatoms. The van der Waals surface area contributed by atoms with Gasteiger partial charge in [-0.25, -0.2) is 8.78 Å². The summed E-state index contributed by atoms with van der Waals surface area (Å²) in [5.74, 6) is -3.44. The van der Waals surface area contributed by atoms with Crippen LogP contribution >= 0.6 is 12.4 Å². The van der Waals surface area contributed by atoms with Crippen LogP contribution in [-0.4, -0.2) is 37.6 Å². The van der Waals surface area contributed by atoms with Gasteiger partial charge in [-0.3, -0.25) is 4.79 Å². The number of alkyl halides is 2. The van der Waals surface area contributed by atoms with Crippen LogP contribution in [0.2, 0.25) is 0 Å².